The van der Waals surface area contributed by atoms with Crippen molar-refractivity contribution in [3.63, 3.8) is 0 Å². The third kappa shape index (κ3) is 5.39. The first-order valence-corrected chi connectivity index (χ1v) is 13.0. The van der Waals surface area contributed by atoms with E-state index >= 15 is 0 Å². The van der Waals surface area contributed by atoms with E-state index in [4.69, 9.17) is 0 Å². The van der Waals surface area contributed by atoms with E-state index in [1.807, 2.05) is 0 Å². The van der Waals surface area contributed by atoms with Gasteiger partial charge < -0.3 is 0 Å². The molecule has 1 heterocycles. The predicted molar refractivity (Wildman–Crippen MR) is 132 cm³/mol. The summed E-state index contributed by atoms with van der Waals surface area (Å²) in [5.41, 5.74) is 0.194. The number of fused-ring (bicyclic) bond motifs is 1. The average molecular weight is 545 g/mol. The highest BCUT2D eigenvalue weighted by Crippen LogP contribution is 2.33. The number of nitrogens with one attached hydrogen (secondary N) is 1. The number of rotatable bonds is 8. The molecule has 4 rings (SSSR count). The largest absolute Gasteiger partial charge is 0.416 e. The highest BCUT2D eigenvalue weighted by Gasteiger charge is 2.41. The minimum Gasteiger partial charge on any atom is -0.300 e. The Morgan fingerprint density at radius 1 is 0.895 bits per heavy atom. The fourth-order valence-corrected chi connectivity index (χ4v) is 5.55. The zero-order valence-corrected chi connectivity index (χ0v) is 21.1. The van der Waals surface area contributed by atoms with Gasteiger partial charge in [0.2, 0.25) is 10.0 Å². The molecule has 1 N–H and O–H groups in total. The van der Waals surface area contributed by atoms with Crippen LogP contribution in [0.15, 0.2) is 77.7 Å². The number of carbonyl (C=O) groups is 3. The van der Waals surface area contributed by atoms with Gasteiger partial charge in [-0.1, -0.05) is 42.0 Å². The van der Waals surface area contributed by atoms with Crippen LogP contribution < -0.4 is 4.72 Å². The van der Waals surface area contributed by atoms with Crippen LogP contribution in [-0.2, 0) is 21.0 Å². The Kier molecular flexibility index (Phi) is 7.26. The maximum absolute atomic E-state index is 13.3. The molecule has 0 saturated heterocycles. The number of hydrogen-bond donors (Lipinski definition) is 1. The van der Waals surface area contributed by atoms with E-state index in [9.17, 15) is 36.0 Å². The van der Waals surface area contributed by atoms with Gasteiger partial charge in [0.25, 0.3) is 11.8 Å². The molecule has 7 nitrogen and oxygen atoms in total. The lowest BCUT2D eigenvalue weighted by Crippen LogP contribution is -2.44. The van der Waals surface area contributed by atoms with E-state index in [1.54, 1.807) is 31.2 Å². The van der Waals surface area contributed by atoms with Crippen molar-refractivity contribution >= 4 is 27.6 Å². The molecule has 0 bridgehead atoms. The number of aryl methyl sites for hydroxylation is 1. The van der Waals surface area contributed by atoms with E-state index in [1.165, 1.54) is 31.2 Å². The molecule has 3 aromatic carbocycles. The molecule has 198 valence electrons. The number of hydrogen-bond acceptors (Lipinski definition) is 5. The Labute approximate surface area is 217 Å². The maximum atomic E-state index is 13.3. The molecule has 0 radical (unpaired) electrons. The fourth-order valence-electron chi connectivity index (χ4n) is 4.28. The van der Waals surface area contributed by atoms with Crippen molar-refractivity contribution in [2.75, 3.05) is 6.54 Å². The standard InChI is InChI=1S/C27H23F3N2O5S/c1-16-7-13-20(14-8-16)38(36,37)31-24(18-9-11-19(12-10-18)27(28,29)30)23(17(2)33)15-32-25(34)21-5-3-4-6-22(21)26(32)35/h3-14,23-24,31H,15H2,1-2H3/t23-,24-/m1/s1. The number of halogens is 3. The number of amides is 2. The van der Waals surface area contributed by atoms with Crippen molar-refractivity contribution in [2.24, 2.45) is 5.92 Å². The molecule has 38 heavy (non-hydrogen) atoms. The van der Waals surface area contributed by atoms with Gasteiger partial charge >= 0.3 is 6.18 Å². The number of Topliss-reactive ketones (excluding diaryl/α,β-unsaturated/α-hetero) is 1. The van der Waals surface area contributed by atoms with Gasteiger partial charge in [0, 0.05) is 6.54 Å². The molecule has 0 spiro atoms. The molecule has 1 aliphatic rings. The van der Waals surface area contributed by atoms with Crippen LogP contribution in [0.25, 0.3) is 0 Å². The van der Waals surface area contributed by atoms with E-state index in [2.05, 4.69) is 4.72 Å². The first-order valence-electron chi connectivity index (χ1n) is 11.5. The number of alkyl halides is 3. The normalized spacial score (nSPS) is 15.3. The molecule has 3 aromatic rings. The zero-order chi connectivity index (χ0) is 27.8. The second kappa shape index (κ2) is 10.1. The van der Waals surface area contributed by atoms with Crippen LogP contribution in [0.4, 0.5) is 13.2 Å². The first kappa shape index (κ1) is 27.2. The maximum Gasteiger partial charge on any atom is 0.416 e. The number of imide groups is 1. The topological polar surface area (TPSA) is 101 Å². The summed E-state index contributed by atoms with van der Waals surface area (Å²) in [5.74, 6) is -3.17. The minimum absolute atomic E-state index is 0.0606. The molecule has 2 amide bonds. The molecule has 0 aromatic heterocycles. The lowest BCUT2D eigenvalue weighted by molar-refractivity contribution is -0.137. The van der Waals surface area contributed by atoms with Gasteiger partial charge in [-0.05, 0) is 55.8 Å². The molecule has 0 unspecified atom stereocenters. The van der Waals surface area contributed by atoms with Crippen LogP contribution in [0, 0.1) is 12.8 Å². The molecule has 1 aliphatic heterocycles. The Bertz CT molecular complexity index is 1470. The van der Waals surface area contributed by atoms with Crippen molar-refractivity contribution in [3.8, 4) is 0 Å². The van der Waals surface area contributed by atoms with Crippen molar-refractivity contribution < 1.29 is 36.0 Å². The Morgan fingerprint density at radius 3 is 1.89 bits per heavy atom. The predicted octanol–water partition coefficient (Wildman–Crippen LogP) is 4.53. The third-order valence-electron chi connectivity index (χ3n) is 6.39. The van der Waals surface area contributed by atoms with Gasteiger partial charge in [-0.15, -0.1) is 0 Å². The lowest BCUT2D eigenvalue weighted by Gasteiger charge is -2.29. The molecular formula is C27H23F3N2O5S. The third-order valence-corrected chi connectivity index (χ3v) is 7.85. The summed E-state index contributed by atoms with van der Waals surface area (Å²) < 4.78 is 68.5. The van der Waals surface area contributed by atoms with Crippen molar-refractivity contribution in [1.29, 1.82) is 0 Å². The van der Waals surface area contributed by atoms with E-state index < -0.39 is 57.9 Å². The van der Waals surface area contributed by atoms with Crippen LogP contribution in [0.3, 0.4) is 0 Å². The minimum atomic E-state index is -4.63. The highest BCUT2D eigenvalue weighted by atomic mass is 32.2. The summed E-state index contributed by atoms with van der Waals surface area (Å²) in [6.45, 7) is 2.45. The number of benzene rings is 3. The monoisotopic (exact) mass is 544 g/mol. The fraction of sp³-hybridized carbons (Fsp3) is 0.222. The SMILES string of the molecule is CC(=O)[C@@H](CN1C(=O)c2ccccc2C1=O)[C@H](NS(=O)(=O)c1ccc(C)cc1)c1ccc(C(F)(F)F)cc1. The van der Waals surface area contributed by atoms with Crippen molar-refractivity contribution in [3.05, 3.63) is 101 Å². The summed E-state index contributed by atoms with van der Waals surface area (Å²) in [6.07, 6.45) is -4.63. The van der Waals surface area contributed by atoms with Crippen molar-refractivity contribution in [2.45, 2.75) is 31.0 Å². The van der Waals surface area contributed by atoms with E-state index in [-0.39, 0.29) is 21.6 Å². The first-order chi connectivity index (χ1) is 17.8. The van der Waals surface area contributed by atoms with Gasteiger partial charge in [0.1, 0.15) is 5.78 Å². The highest BCUT2D eigenvalue weighted by molar-refractivity contribution is 7.89. The summed E-state index contributed by atoms with van der Waals surface area (Å²) in [4.78, 5) is 39.5. The number of nitrogens with zero attached hydrogens (tertiary/aromatic N) is 1. The number of sulfonamides is 1. The van der Waals surface area contributed by atoms with Crippen LogP contribution in [0.1, 0.15) is 50.4 Å². The quantitative estimate of drug-likeness (QED) is 0.420. The van der Waals surface area contributed by atoms with Gasteiger partial charge in [-0.2, -0.15) is 13.2 Å². The van der Waals surface area contributed by atoms with Gasteiger partial charge in [0.05, 0.1) is 33.5 Å². The molecular weight excluding hydrogens is 521 g/mol. The average Bonchev–Trinajstić information content (AvgIpc) is 3.10. The summed E-state index contributed by atoms with van der Waals surface area (Å²) >= 11 is 0. The molecule has 11 heteroatoms. The molecule has 0 fully saturated rings. The Morgan fingerprint density at radius 2 is 1.42 bits per heavy atom. The Balaban J connectivity index is 1.75. The van der Waals surface area contributed by atoms with Crippen LogP contribution in [0.2, 0.25) is 0 Å². The van der Waals surface area contributed by atoms with E-state index in [0.29, 0.717) is 0 Å². The second-order valence-corrected chi connectivity index (χ2v) is 10.7. The van der Waals surface area contributed by atoms with Crippen LogP contribution in [-0.4, -0.2) is 37.5 Å². The summed E-state index contributed by atoms with van der Waals surface area (Å²) in [6, 6.07) is 14.3. The van der Waals surface area contributed by atoms with E-state index in [0.717, 1.165) is 34.7 Å². The smallest absolute Gasteiger partial charge is 0.300 e. The summed E-state index contributed by atoms with van der Waals surface area (Å²) in [5, 5.41) is 0. The molecule has 0 aliphatic carbocycles. The zero-order valence-electron chi connectivity index (χ0n) is 20.3. The molecule has 0 saturated carbocycles. The lowest BCUT2D eigenvalue weighted by atomic mass is 9.89. The van der Waals surface area contributed by atoms with Crippen LogP contribution in [0.5, 0.6) is 0 Å². The molecule has 2 atom stereocenters. The number of carbonyl (C=O) groups excluding carboxylic acids is 3. The number of ketones is 1. The van der Waals surface area contributed by atoms with Gasteiger partial charge in [-0.25, -0.2) is 13.1 Å². The van der Waals surface area contributed by atoms with Gasteiger partial charge in [-0.3, -0.25) is 19.3 Å². The van der Waals surface area contributed by atoms with Crippen molar-refractivity contribution in [1.82, 2.24) is 9.62 Å². The second-order valence-electron chi connectivity index (χ2n) is 9.02. The Hall–Kier alpha value is -3.83. The summed E-state index contributed by atoms with van der Waals surface area (Å²) in [7, 11) is -4.27. The van der Waals surface area contributed by atoms with Crippen LogP contribution >= 0.6 is 0 Å². The van der Waals surface area contributed by atoms with Gasteiger partial charge in [0.15, 0.2) is 0 Å².